The number of nitro groups is 1. The number of halogens is 2. The number of hydrogen-bond donors (Lipinski definition) is 2. The number of phosphoric acid groups is 1. The fourth-order valence-electron chi connectivity index (χ4n) is 11.0. The molecule has 3 fully saturated rings. The molecular weight excluding hydrogens is 1090 g/mol. The summed E-state index contributed by atoms with van der Waals surface area (Å²) < 4.78 is 83.9. The maximum absolute atomic E-state index is 15.8. The van der Waals surface area contributed by atoms with E-state index in [1.165, 1.54) is 24.5 Å². The number of sulfone groups is 1. The lowest BCUT2D eigenvalue weighted by molar-refractivity contribution is -0.385. The number of anilines is 3. The number of benzene rings is 5. The summed E-state index contributed by atoms with van der Waals surface area (Å²) in [6, 6.07) is 34.3. The van der Waals surface area contributed by atoms with Gasteiger partial charge in [0.15, 0.2) is 9.84 Å². The van der Waals surface area contributed by atoms with Gasteiger partial charge in [0.25, 0.3) is 5.69 Å². The number of hydrogen-bond acceptors (Lipinski definition) is 12. The van der Waals surface area contributed by atoms with Gasteiger partial charge < -0.3 is 33.6 Å². The molecule has 0 bridgehead atoms. The summed E-state index contributed by atoms with van der Waals surface area (Å²) in [5.74, 6) is 0.248. The van der Waals surface area contributed by atoms with Crippen molar-refractivity contribution < 1.29 is 45.7 Å². The second-order valence-corrected chi connectivity index (χ2v) is 27.2. The van der Waals surface area contributed by atoms with Gasteiger partial charge >= 0.3 is 15.3 Å². The highest BCUT2D eigenvalue weighted by molar-refractivity contribution is 7.99. The maximum Gasteiger partial charge on any atom is 0.469 e. The zero-order chi connectivity index (χ0) is 54.8. The average Bonchev–Trinajstić information content (AvgIpc) is 4.15. The van der Waals surface area contributed by atoms with Crippen molar-refractivity contribution in [3.63, 3.8) is 0 Å². The Morgan fingerprint density at radius 1 is 0.870 bits per heavy atom. The van der Waals surface area contributed by atoms with E-state index in [2.05, 4.69) is 14.7 Å². The van der Waals surface area contributed by atoms with Crippen LogP contribution in [0.3, 0.4) is 0 Å². The van der Waals surface area contributed by atoms with E-state index >= 15 is 4.39 Å². The van der Waals surface area contributed by atoms with Crippen LogP contribution in [0.2, 0.25) is 5.02 Å². The van der Waals surface area contributed by atoms with Crippen molar-refractivity contribution >= 4 is 76.6 Å². The number of nitro benzene ring substituents is 1. The van der Waals surface area contributed by atoms with Gasteiger partial charge in [0.2, 0.25) is 0 Å². The Balaban J connectivity index is 0.888. The maximum atomic E-state index is 15.8. The van der Waals surface area contributed by atoms with Crippen LogP contribution in [0.4, 0.5) is 27.1 Å². The highest BCUT2D eigenvalue weighted by Crippen LogP contribution is 2.56. The van der Waals surface area contributed by atoms with Crippen LogP contribution in [-0.2, 0) is 34.4 Å². The molecule has 2 N–H and O–H groups in total. The molecule has 3 aliphatic rings. The van der Waals surface area contributed by atoms with E-state index in [4.69, 9.17) is 20.6 Å². The van der Waals surface area contributed by atoms with Gasteiger partial charge in [-0.25, -0.2) is 17.4 Å². The first kappa shape index (κ1) is 56.7. The molecule has 0 amide bonds. The van der Waals surface area contributed by atoms with E-state index < -0.39 is 42.0 Å². The molecule has 6 aromatic rings. The summed E-state index contributed by atoms with van der Waals surface area (Å²) in [4.78, 5) is 38.7. The van der Waals surface area contributed by atoms with Crippen LogP contribution in [0.5, 0.6) is 0 Å². The zero-order valence-corrected chi connectivity index (χ0v) is 47.6. The Labute approximate surface area is 458 Å². The topological polar surface area (TPSA) is 188 Å². The summed E-state index contributed by atoms with van der Waals surface area (Å²) in [6.07, 6.45) is 2.80. The SMILES string of the molecule is Cc1c(S(C)(=O)=O)c(-c2cc(F)cc(N3CCN(c4ccc(N5CCO[P@@]5(=O)c5ccc(C[C@H](CCN6CCC(OP(=O)(O)O)CC6)CSc6ccccc6)c([N+](=O)[O-])c5)cc4)CC3)c2)c(-c2ccc(Cl)cc2)n1C(C)C. The molecule has 1 aromatic heterocycles. The Bertz CT molecular complexity index is 3300. The smallest absolute Gasteiger partial charge is 0.368 e. The highest BCUT2D eigenvalue weighted by Gasteiger charge is 2.41. The monoisotopic (exact) mass is 1150 g/mol. The molecule has 0 unspecified atom stereocenters. The molecule has 2 atom stereocenters. The molecule has 3 aliphatic heterocycles. The first-order chi connectivity index (χ1) is 36.6. The fraction of sp³-hybridized carbons (Fsp3) is 0.382. The summed E-state index contributed by atoms with van der Waals surface area (Å²) in [7, 11) is -12.1. The van der Waals surface area contributed by atoms with Crippen LogP contribution in [0, 0.1) is 28.8 Å². The molecule has 0 aliphatic carbocycles. The van der Waals surface area contributed by atoms with E-state index in [0.29, 0.717) is 122 Å². The standard InChI is InChI=1S/C55H64ClFN6O10P2S2/c1-38(2)62-39(3)55(77(4,70)71)53(54(62)41-10-13-44(56)14-11-41)43-33-45(57)35-48(34-43)60-28-26-59(27-29-60)46-15-17-47(18-16-46)61-30-31-72-74(61,66)50-19-12-42(52(36-50)63(64)65)32-40(37-76-51-8-6-5-7-9-51)20-23-58-24-21-49(22-25-58)73-75(67,68)69/h5-19,33-36,38,40,49H,20-32,37H2,1-4H3,(H2,67,68,69)/t40-,74-/m0/s1. The third-order valence-corrected chi connectivity index (χ3v) is 20.5. The van der Waals surface area contributed by atoms with Crippen molar-refractivity contribution in [1.82, 2.24) is 9.47 Å². The Kier molecular flexibility index (Phi) is 17.5. The molecule has 9 rings (SSSR count). The van der Waals surface area contributed by atoms with Crippen LogP contribution in [0.25, 0.3) is 22.4 Å². The quantitative estimate of drug-likeness (QED) is 0.0337. The van der Waals surface area contributed by atoms with E-state index in [0.717, 1.165) is 22.6 Å². The fourth-order valence-corrected chi connectivity index (χ4v) is 16.2. The lowest BCUT2D eigenvalue weighted by Gasteiger charge is -2.37. The Hall–Kier alpha value is -5.04. The van der Waals surface area contributed by atoms with Gasteiger partial charge in [-0.15, -0.1) is 11.8 Å². The van der Waals surface area contributed by atoms with Gasteiger partial charge in [-0.05, 0) is 143 Å². The number of piperidine rings is 1. The third-order valence-electron chi connectivity index (χ3n) is 14.6. The minimum absolute atomic E-state index is 0.0321. The predicted octanol–water partition coefficient (Wildman–Crippen LogP) is 11.4. The number of phosphoric ester groups is 1. The molecule has 0 spiro atoms. The second-order valence-electron chi connectivity index (χ2n) is 20.2. The molecule has 410 valence electrons. The molecule has 5 aromatic carbocycles. The average molecular weight is 1150 g/mol. The third kappa shape index (κ3) is 13.2. The lowest BCUT2D eigenvalue weighted by atomic mass is 9.96. The molecular formula is C55H64ClFN6O10P2S2. The number of rotatable bonds is 19. The minimum Gasteiger partial charge on any atom is -0.368 e. The highest BCUT2D eigenvalue weighted by atomic mass is 35.5. The first-order valence-corrected chi connectivity index (χ1v) is 32.1. The van der Waals surface area contributed by atoms with E-state index in [1.54, 1.807) is 47.6 Å². The van der Waals surface area contributed by atoms with Crippen molar-refractivity contribution in [1.29, 1.82) is 0 Å². The van der Waals surface area contributed by atoms with Crippen molar-refractivity contribution in [3.05, 3.63) is 147 Å². The largest absolute Gasteiger partial charge is 0.469 e. The Morgan fingerprint density at radius 2 is 1.52 bits per heavy atom. The minimum atomic E-state index is -4.57. The first-order valence-electron chi connectivity index (χ1n) is 25.7. The molecule has 77 heavy (non-hydrogen) atoms. The number of nitrogens with zero attached hydrogens (tertiary/aromatic N) is 6. The normalized spacial score (nSPS) is 18.4. The zero-order valence-electron chi connectivity index (χ0n) is 43.4. The molecule has 4 heterocycles. The summed E-state index contributed by atoms with van der Waals surface area (Å²) in [5, 5.41) is 13.6. The van der Waals surface area contributed by atoms with Crippen LogP contribution in [0.1, 0.15) is 50.4 Å². The van der Waals surface area contributed by atoms with Gasteiger partial charge in [0, 0.05) is 107 Å². The summed E-state index contributed by atoms with van der Waals surface area (Å²) >= 11 is 7.96. The Morgan fingerprint density at radius 3 is 2.14 bits per heavy atom. The van der Waals surface area contributed by atoms with Gasteiger partial charge in [-0.1, -0.05) is 48.0 Å². The molecule has 16 nitrogen and oxygen atoms in total. The van der Waals surface area contributed by atoms with Crippen molar-refractivity contribution in [2.75, 3.05) is 85.4 Å². The number of aromatic nitrogens is 1. The van der Waals surface area contributed by atoms with E-state index in [1.807, 2.05) is 91.2 Å². The molecule has 0 saturated carbocycles. The van der Waals surface area contributed by atoms with E-state index in [-0.39, 0.29) is 34.5 Å². The van der Waals surface area contributed by atoms with Crippen molar-refractivity contribution in [2.24, 2.45) is 5.92 Å². The molecule has 3 saturated heterocycles. The summed E-state index contributed by atoms with van der Waals surface area (Å²) in [5.41, 5.74) is 5.53. The summed E-state index contributed by atoms with van der Waals surface area (Å²) in [6.45, 7) is 10.5. The van der Waals surface area contributed by atoms with Gasteiger partial charge in [0.1, 0.15) is 5.82 Å². The number of thioether (sulfide) groups is 1. The van der Waals surface area contributed by atoms with Crippen molar-refractivity contribution in [3.8, 4) is 22.4 Å². The predicted molar refractivity (Wildman–Crippen MR) is 305 cm³/mol. The van der Waals surface area contributed by atoms with Crippen LogP contribution >= 0.6 is 38.7 Å². The number of piperazine rings is 1. The van der Waals surface area contributed by atoms with Crippen LogP contribution in [0.15, 0.2) is 125 Å². The van der Waals surface area contributed by atoms with Gasteiger partial charge in [-0.3, -0.25) is 23.9 Å². The van der Waals surface area contributed by atoms with Crippen molar-refractivity contribution in [2.45, 2.75) is 68.4 Å². The van der Waals surface area contributed by atoms with Crippen LogP contribution in [-0.4, -0.2) is 110 Å². The van der Waals surface area contributed by atoms with Crippen LogP contribution < -0.4 is 19.8 Å². The molecule has 0 radical (unpaired) electrons. The van der Waals surface area contributed by atoms with E-state index in [9.17, 15) is 37.4 Å². The number of likely N-dealkylation sites (tertiary alicyclic amines) is 1. The second kappa shape index (κ2) is 23.7. The van der Waals surface area contributed by atoms with Gasteiger partial charge in [0.05, 0.1) is 40.1 Å². The molecule has 22 heteroatoms. The lowest BCUT2D eigenvalue weighted by Crippen LogP contribution is -2.46. The van der Waals surface area contributed by atoms with Gasteiger partial charge in [-0.2, -0.15) is 0 Å².